The summed E-state index contributed by atoms with van der Waals surface area (Å²) < 4.78 is 0. The van der Waals surface area contributed by atoms with Crippen molar-refractivity contribution in [2.75, 3.05) is 10.6 Å². The minimum absolute atomic E-state index is 0.212. The highest BCUT2D eigenvalue weighted by Gasteiger charge is 2.17. The molecule has 150 valence electrons. The maximum Gasteiger partial charge on any atom is 0.258 e. The Bertz CT molecular complexity index is 927. The summed E-state index contributed by atoms with van der Waals surface area (Å²) in [5.41, 5.74) is 4.45. The van der Waals surface area contributed by atoms with Crippen LogP contribution in [0.3, 0.4) is 0 Å². The van der Waals surface area contributed by atoms with Crippen molar-refractivity contribution in [2.24, 2.45) is 0 Å². The van der Waals surface area contributed by atoms with Gasteiger partial charge in [0.2, 0.25) is 5.95 Å². The van der Waals surface area contributed by atoms with Crippen molar-refractivity contribution in [3.63, 3.8) is 0 Å². The Morgan fingerprint density at radius 3 is 2.10 bits per heavy atom. The highest BCUT2D eigenvalue weighted by atomic mass is 16.1. The molecular weight excluding hydrogens is 362 g/mol. The van der Waals surface area contributed by atoms with E-state index in [1.165, 1.54) is 12.4 Å². The molecule has 0 atom stereocenters. The van der Waals surface area contributed by atoms with Crippen LogP contribution in [0.5, 0.6) is 0 Å². The molecule has 6 heteroatoms. The zero-order valence-corrected chi connectivity index (χ0v) is 17.3. The maximum absolute atomic E-state index is 12.8. The van der Waals surface area contributed by atoms with Crippen molar-refractivity contribution < 1.29 is 4.79 Å². The lowest BCUT2D eigenvalue weighted by molar-refractivity contribution is 0.102. The first-order chi connectivity index (χ1) is 14.0. The van der Waals surface area contributed by atoms with Gasteiger partial charge in [0.05, 0.1) is 17.8 Å². The number of nitrogens with zero attached hydrogens (tertiary/aromatic N) is 3. The third-order valence-corrected chi connectivity index (χ3v) is 4.68. The smallest absolute Gasteiger partial charge is 0.258 e. The van der Waals surface area contributed by atoms with E-state index in [4.69, 9.17) is 0 Å². The SMILES string of the molecule is CC(C)c1cccc(C(C)C)c1NC(=O)c1cnc(NCc2ccccn2)nc1. The van der Waals surface area contributed by atoms with Crippen LogP contribution in [0.2, 0.25) is 0 Å². The van der Waals surface area contributed by atoms with Gasteiger partial charge in [-0.2, -0.15) is 0 Å². The van der Waals surface area contributed by atoms with Gasteiger partial charge in [-0.05, 0) is 35.1 Å². The monoisotopic (exact) mass is 389 g/mol. The molecule has 0 saturated heterocycles. The largest absolute Gasteiger partial charge is 0.349 e. The fourth-order valence-corrected chi connectivity index (χ4v) is 3.09. The predicted molar refractivity (Wildman–Crippen MR) is 116 cm³/mol. The van der Waals surface area contributed by atoms with Crippen molar-refractivity contribution in [3.05, 3.63) is 77.4 Å². The summed E-state index contributed by atoms with van der Waals surface area (Å²) in [5, 5.41) is 6.19. The number of rotatable bonds is 7. The zero-order chi connectivity index (χ0) is 20.8. The van der Waals surface area contributed by atoms with E-state index in [0.717, 1.165) is 22.5 Å². The van der Waals surface area contributed by atoms with Gasteiger partial charge in [-0.15, -0.1) is 0 Å². The van der Waals surface area contributed by atoms with E-state index in [1.807, 2.05) is 24.3 Å². The molecule has 0 fully saturated rings. The summed E-state index contributed by atoms with van der Waals surface area (Å²) in [5.74, 6) is 0.853. The summed E-state index contributed by atoms with van der Waals surface area (Å²) >= 11 is 0. The summed E-state index contributed by atoms with van der Waals surface area (Å²) in [6, 6.07) is 11.9. The van der Waals surface area contributed by atoms with Crippen molar-refractivity contribution in [1.82, 2.24) is 15.0 Å². The van der Waals surface area contributed by atoms with Crippen LogP contribution in [0, 0.1) is 0 Å². The lowest BCUT2D eigenvalue weighted by Gasteiger charge is -2.20. The Morgan fingerprint density at radius 1 is 0.897 bits per heavy atom. The van der Waals surface area contributed by atoms with Crippen LogP contribution in [0.15, 0.2) is 55.0 Å². The molecule has 2 aromatic heterocycles. The Balaban J connectivity index is 1.73. The normalized spacial score (nSPS) is 11.0. The molecule has 3 aromatic rings. The fraction of sp³-hybridized carbons (Fsp3) is 0.304. The molecule has 0 saturated carbocycles. The second-order valence-electron chi connectivity index (χ2n) is 7.54. The van der Waals surface area contributed by atoms with E-state index in [0.29, 0.717) is 29.9 Å². The maximum atomic E-state index is 12.8. The molecule has 0 aliphatic heterocycles. The van der Waals surface area contributed by atoms with E-state index in [9.17, 15) is 4.79 Å². The second kappa shape index (κ2) is 9.28. The molecule has 2 heterocycles. The number of anilines is 2. The van der Waals surface area contributed by atoms with Gasteiger partial charge in [0.25, 0.3) is 5.91 Å². The van der Waals surface area contributed by atoms with E-state index in [2.05, 4.69) is 65.4 Å². The summed E-state index contributed by atoms with van der Waals surface area (Å²) in [6.45, 7) is 9.02. The van der Waals surface area contributed by atoms with Gasteiger partial charge in [-0.3, -0.25) is 9.78 Å². The van der Waals surface area contributed by atoms with Gasteiger partial charge in [0, 0.05) is 24.3 Å². The van der Waals surface area contributed by atoms with Crippen molar-refractivity contribution >= 4 is 17.5 Å². The van der Waals surface area contributed by atoms with Crippen LogP contribution in [0.25, 0.3) is 0 Å². The predicted octanol–water partition coefficient (Wildman–Crippen LogP) is 4.98. The number of amides is 1. The molecule has 0 bridgehead atoms. The first-order valence-corrected chi connectivity index (χ1v) is 9.85. The summed E-state index contributed by atoms with van der Waals surface area (Å²) in [7, 11) is 0. The average molecular weight is 390 g/mol. The molecule has 0 aliphatic carbocycles. The highest BCUT2D eigenvalue weighted by molar-refractivity contribution is 6.04. The number of nitrogens with one attached hydrogen (secondary N) is 2. The number of aromatic nitrogens is 3. The number of carbonyl (C=O) groups excluding carboxylic acids is 1. The van der Waals surface area contributed by atoms with Gasteiger partial charge < -0.3 is 10.6 Å². The fourth-order valence-electron chi connectivity index (χ4n) is 3.09. The molecule has 0 radical (unpaired) electrons. The van der Waals surface area contributed by atoms with E-state index < -0.39 is 0 Å². The van der Waals surface area contributed by atoms with Crippen molar-refractivity contribution in [1.29, 1.82) is 0 Å². The molecular formula is C23H27N5O. The van der Waals surface area contributed by atoms with Crippen LogP contribution in [0.4, 0.5) is 11.6 Å². The van der Waals surface area contributed by atoms with Crippen LogP contribution in [-0.4, -0.2) is 20.9 Å². The van der Waals surface area contributed by atoms with Crippen LogP contribution < -0.4 is 10.6 Å². The van der Waals surface area contributed by atoms with E-state index in [1.54, 1.807) is 6.20 Å². The molecule has 0 spiro atoms. The average Bonchev–Trinajstić information content (AvgIpc) is 2.73. The molecule has 1 aromatic carbocycles. The molecule has 2 N–H and O–H groups in total. The molecule has 0 unspecified atom stereocenters. The molecule has 3 rings (SSSR count). The number of hydrogen-bond donors (Lipinski definition) is 2. The lowest BCUT2D eigenvalue weighted by atomic mass is 9.92. The standard InChI is InChI=1S/C23H27N5O/c1-15(2)19-9-7-10-20(16(3)4)21(19)28-22(29)17-12-25-23(26-13-17)27-14-18-8-5-6-11-24-18/h5-13,15-16H,14H2,1-4H3,(H,28,29)(H,25,26,27). The van der Waals surface area contributed by atoms with Crippen LogP contribution in [0.1, 0.15) is 66.7 Å². The number of pyridine rings is 1. The number of para-hydroxylation sites is 1. The van der Waals surface area contributed by atoms with Crippen LogP contribution in [-0.2, 0) is 6.54 Å². The van der Waals surface area contributed by atoms with Gasteiger partial charge in [0.15, 0.2) is 0 Å². The van der Waals surface area contributed by atoms with Crippen molar-refractivity contribution in [2.45, 2.75) is 46.1 Å². The highest BCUT2D eigenvalue weighted by Crippen LogP contribution is 2.32. The second-order valence-corrected chi connectivity index (χ2v) is 7.54. The topological polar surface area (TPSA) is 79.8 Å². The van der Waals surface area contributed by atoms with Gasteiger partial charge in [0.1, 0.15) is 0 Å². The molecule has 6 nitrogen and oxygen atoms in total. The first-order valence-electron chi connectivity index (χ1n) is 9.85. The minimum Gasteiger partial charge on any atom is -0.349 e. The summed E-state index contributed by atoms with van der Waals surface area (Å²) in [4.78, 5) is 25.6. The minimum atomic E-state index is -0.212. The van der Waals surface area contributed by atoms with Gasteiger partial charge in [-0.1, -0.05) is 52.0 Å². The summed E-state index contributed by atoms with van der Waals surface area (Å²) in [6.07, 6.45) is 4.82. The van der Waals surface area contributed by atoms with E-state index in [-0.39, 0.29) is 5.91 Å². The Hall–Kier alpha value is -3.28. The zero-order valence-electron chi connectivity index (χ0n) is 17.3. The van der Waals surface area contributed by atoms with Crippen molar-refractivity contribution in [3.8, 4) is 0 Å². The Kier molecular flexibility index (Phi) is 6.54. The third kappa shape index (κ3) is 5.16. The molecule has 1 amide bonds. The Morgan fingerprint density at radius 2 is 1.55 bits per heavy atom. The number of hydrogen-bond acceptors (Lipinski definition) is 5. The number of carbonyl (C=O) groups is 1. The lowest BCUT2D eigenvalue weighted by Crippen LogP contribution is -2.17. The first kappa shape index (κ1) is 20.5. The quantitative estimate of drug-likeness (QED) is 0.595. The third-order valence-electron chi connectivity index (χ3n) is 4.68. The van der Waals surface area contributed by atoms with E-state index >= 15 is 0 Å². The molecule has 29 heavy (non-hydrogen) atoms. The Labute approximate surface area is 171 Å². The van der Waals surface area contributed by atoms with Crippen LogP contribution >= 0.6 is 0 Å². The van der Waals surface area contributed by atoms with Gasteiger partial charge >= 0.3 is 0 Å². The number of benzene rings is 1. The van der Waals surface area contributed by atoms with Gasteiger partial charge in [-0.25, -0.2) is 9.97 Å². The molecule has 0 aliphatic rings.